The van der Waals surface area contributed by atoms with E-state index >= 15 is 0 Å². The molecule has 0 saturated carbocycles. The predicted octanol–water partition coefficient (Wildman–Crippen LogP) is 4.03. The van der Waals surface area contributed by atoms with Crippen molar-refractivity contribution in [2.24, 2.45) is 0 Å². The molecule has 1 N–H and O–H groups in total. The largest absolute Gasteiger partial charge is 0.478 e. The first-order valence-electron chi connectivity index (χ1n) is 4.15. The Morgan fingerprint density at radius 1 is 1.36 bits per heavy atom. The van der Waals surface area contributed by atoms with Crippen molar-refractivity contribution in [3.63, 3.8) is 0 Å². The molecule has 0 bridgehead atoms. The van der Waals surface area contributed by atoms with E-state index in [4.69, 9.17) is 5.11 Å². The van der Waals surface area contributed by atoms with E-state index in [-0.39, 0.29) is 5.92 Å². The molecule has 0 aliphatic rings. The van der Waals surface area contributed by atoms with Gasteiger partial charge < -0.3 is 5.11 Å². The highest BCUT2D eigenvalue weighted by molar-refractivity contribution is 9.11. The minimum Gasteiger partial charge on any atom is -0.478 e. The Kier molecular flexibility index (Phi) is 3.72. The highest BCUT2D eigenvalue weighted by atomic mass is 79.9. The van der Waals surface area contributed by atoms with Crippen molar-refractivity contribution in [1.29, 1.82) is 0 Å². The van der Waals surface area contributed by atoms with Crippen molar-refractivity contribution in [2.45, 2.75) is 19.8 Å². The second-order valence-corrected chi connectivity index (χ2v) is 5.08. The van der Waals surface area contributed by atoms with Crippen LogP contribution in [-0.4, -0.2) is 11.1 Å². The van der Waals surface area contributed by atoms with Gasteiger partial charge in [0.05, 0.1) is 5.56 Å². The lowest BCUT2D eigenvalue weighted by Gasteiger charge is -2.12. The molecule has 76 valence electrons. The Morgan fingerprint density at radius 3 is 2.36 bits per heavy atom. The molecular formula is C10H10Br2O2. The third-order valence-electron chi connectivity index (χ3n) is 1.90. The van der Waals surface area contributed by atoms with E-state index in [1.807, 2.05) is 19.9 Å². The molecule has 0 fully saturated rings. The smallest absolute Gasteiger partial charge is 0.336 e. The summed E-state index contributed by atoms with van der Waals surface area (Å²) in [5.74, 6) is -0.709. The average molecular weight is 322 g/mol. The summed E-state index contributed by atoms with van der Waals surface area (Å²) in [6.07, 6.45) is 0. The molecule has 1 aromatic rings. The first-order valence-corrected chi connectivity index (χ1v) is 5.74. The van der Waals surface area contributed by atoms with Gasteiger partial charge in [-0.3, -0.25) is 0 Å². The number of hydrogen-bond donors (Lipinski definition) is 1. The van der Waals surface area contributed by atoms with Gasteiger partial charge in [-0.15, -0.1) is 0 Å². The van der Waals surface area contributed by atoms with Crippen LogP contribution in [0.25, 0.3) is 0 Å². The van der Waals surface area contributed by atoms with Crippen LogP contribution in [0.3, 0.4) is 0 Å². The van der Waals surface area contributed by atoms with Crippen LogP contribution in [0.1, 0.15) is 35.7 Å². The first kappa shape index (κ1) is 11.7. The lowest BCUT2D eigenvalue weighted by atomic mass is 9.97. The van der Waals surface area contributed by atoms with E-state index in [1.54, 1.807) is 6.07 Å². The molecule has 0 saturated heterocycles. The third-order valence-corrected chi connectivity index (χ3v) is 3.02. The van der Waals surface area contributed by atoms with Gasteiger partial charge >= 0.3 is 5.97 Å². The molecule has 0 atom stereocenters. The molecular weight excluding hydrogens is 312 g/mol. The van der Waals surface area contributed by atoms with E-state index in [9.17, 15) is 4.79 Å². The van der Waals surface area contributed by atoms with Crippen LogP contribution >= 0.6 is 31.9 Å². The fourth-order valence-corrected chi connectivity index (χ4v) is 3.03. The van der Waals surface area contributed by atoms with Crippen LogP contribution in [0.4, 0.5) is 0 Å². The van der Waals surface area contributed by atoms with Crippen LogP contribution in [0.2, 0.25) is 0 Å². The maximum atomic E-state index is 11.0. The molecule has 0 heterocycles. The fraction of sp³-hybridized carbons (Fsp3) is 0.300. The van der Waals surface area contributed by atoms with Crippen molar-refractivity contribution in [3.8, 4) is 0 Å². The Hall–Kier alpha value is -0.350. The standard InChI is InChI=1S/C10H10Br2O2/c1-5(2)9-7(10(13)14)3-6(11)4-8(9)12/h3-5H,1-2H3,(H,13,14). The monoisotopic (exact) mass is 320 g/mol. The lowest BCUT2D eigenvalue weighted by molar-refractivity contribution is 0.0695. The molecule has 2 nitrogen and oxygen atoms in total. The lowest BCUT2D eigenvalue weighted by Crippen LogP contribution is -2.04. The number of carbonyl (C=O) groups is 1. The maximum Gasteiger partial charge on any atom is 0.336 e. The van der Waals surface area contributed by atoms with Crippen molar-refractivity contribution < 1.29 is 9.90 Å². The second-order valence-electron chi connectivity index (χ2n) is 3.31. The van der Waals surface area contributed by atoms with Crippen molar-refractivity contribution >= 4 is 37.8 Å². The molecule has 0 spiro atoms. The topological polar surface area (TPSA) is 37.3 Å². The van der Waals surface area contributed by atoms with E-state index in [0.717, 1.165) is 14.5 Å². The molecule has 0 amide bonds. The van der Waals surface area contributed by atoms with Gasteiger partial charge in [0.15, 0.2) is 0 Å². The van der Waals surface area contributed by atoms with Gasteiger partial charge in [0, 0.05) is 8.95 Å². The first-order chi connectivity index (χ1) is 6.43. The number of carboxylic acids is 1. The van der Waals surface area contributed by atoms with Crippen molar-refractivity contribution in [2.75, 3.05) is 0 Å². The third kappa shape index (κ3) is 2.36. The zero-order valence-electron chi connectivity index (χ0n) is 7.84. The van der Waals surface area contributed by atoms with Crippen LogP contribution < -0.4 is 0 Å². The Labute approximate surface area is 99.6 Å². The SMILES string of the molecule is CC(C)c1c(Br)cc(Br)cc1C(=O)O. The van der Waals surface area contributed by atoms with Gasteiger partial charge in [-0.25, -0.2) is 4.79 Å². The maximum absolute atomic E-state index is 11.0. The number of hydrogen-bond acceptors (Lipinski definition) is 1. The van der Waals surface area contributed by atoms with Gasteiger partial charge in [0.2, 0.25) is 0 Å². The number of aromatic carboxylic acids is 1. The van der Waals surface area contributed by atoms with Gasteiger partial charge in [0.1, 0.15) is 0 Å². The molecule has 1 rings (SSSR count). The molecule has 0 aliphatic carbocycles. The summed E-state index contributed by atoms with van der Waals surface area (Å²) >= 11 is 6.64. The number of benzene rings is 1. The summed E-state index contributed by atoms with van der Waals surface area (Å²) in [5.41, 5.74) is 1.18. The Morgan fingerprint density at radius 2 is 1.93 bits per heavy atom. The molecule has 0 unspecified atom stereocenters. The highest BCUT2D eigenvalue weighted by Gasteiger charge is 2.16. The zero-order valence-corrected chi connectivity index (χ0v) is 11.0. The van der Waals surface area contributed by atoms with Gasteiger partial charge in [-0.05, 0) is 23.6 Å². The minimum absolute atomic E-state index is 0.184. The number of carboxylic acid groups (broad SMARTS) is 1. The fourth-order valence-electron chi connectivity index (χ4n) is 1.35. The van der Waals surface area contributed by atoms with Crippen LogP contribution in [0, 0.1) is 0 Å². The second kappa shape index (κ2) is 4.45. The summed E-state index contributed by atoms with van der Waals surface area (Å²) in [5, 5.41) is 9.02. The summed E-state index contributed by atoms with van der Waals surface area (Å²) in [6, 6.07) is 3.49. The number of halogens is 2. The molecule has 1 aromatic carbocycles. The molecule has 0 radical (unpaired) electrons. The molecule has 0 aliphatic heterocycles. The highest BCUT2D eigenvalue weighted by Crippen LogP contribution is 2.31. The van der Waals surface area contributed by atoms with E-state index in [1.165, 1.54) is 0 Å². The normalized spacial score (nSPS) is 10.6. The minimum atomic E-state index is -0.893. The van der Waals surface area contributed by atoms with E-state index in [0.29, 0.717) is 5.56 Å². The molecule has 0 aromatic heterocycles. The quantitative estimate of drug-likeness (QED) is 0.892. The van der Waals surface area contributed by atoms with Gasteiger partial charge in [0.25, 0.3) is 0 Å². The summed E-state index contributed by atoms with van der Waals surface area (Å²) < 4.78 is 1.60. The Balaban J connectivity index is 3.44. The van der Waals surface area contributed by atoms with Crippen LogP contribution in [-0.2, 0) is 0 Å². The number of rotatable bonds is 2. The zero-order chi connectivity index (χ0) is 10.9. The van der Waals surface area contributed by atoms with Gasteiger partial charge in [-0.1, -0.05) is 45.7 Å². The summed E-state index contributed by atoms with van der Waals surface area (Å²) in [6.45, 7) is 3.95. The van der Waals surface area contributed by atoms with E-state index in [2.05, 4.69) is 31.9 Å². The van der Waals surface area contributed by atoms with Crippen LogP contribution in [0.15, 0.2) is 21.1 Å². The Bertz CT molecular complexity index is 373. The molecule has 4 heteroatoms. The summed E-state index contributed by atoms with van der Waals surface area (Å²) in [7, 11) is 0. The van der Waals surface area contributed by atoms with Crippen molar-refractivity contribution in [1.82, 2.24) is 0 Å². The predicted molar refractivity (Wildman–Crippen MR) is 62.9 cm³/mol. The molecule has 14 heavy (non-hydrogen) atoms. The van der Waals surface area contributed by atoms with Gasteiger partial charge in [-0.2, -0.15) is 0 Å². The average Bonchev–Trinajstić information content (AvgIpc) is 2.01. The van der Waals surface area contributed by atoms with E-state index < -0.39 is 5.97 Å². The van der Waals surface area contributed by atoms with Crippen LogP contribution in [0.5, 0.6) is 0 Å². The summed E-state index contributed by atoms with van der Waals surface area (Å²) in [4.78, 5) is 11.0. The van der Waals surface area contributed by atoms with Crippen molar-refractivity contribution in [3.05, 3.63) is 32.2 Å².